The summed E-state index contributed by atoms with van der Waals surface area (Å²) in [7, 11) is 0. The van der Waals surface area contributed by atoms with Crippen molar-refractivity contribution in [1.82, 2.24) is 15.2 Å². The average molecular weight is 461 g/mol. The first kappa shape index (κ1) is 23.7. The smallest absolute Gasteiger partial charge is 0.260 e. The Morgan fingerprint density at radius 1 is 1.31 bits per heavy atom. The van der Waals surface area contributed by atoms with E-state index in [0.29, 0.717) is 27.6 Å². The first-order valence-electron chi connectivity index (χ1n) is 9.33. The first-order valence-corrected chi connectivity index (χ1v) is 10.2. The van der Waals surface area contributed by atoms with Crippen LogP contribution in [0.3, 0.4) is 0 Å². The largest absolute Gasteiger partial charge is 0.469 e. The molecule has 29 heavy (non-hydrogen) atoms. The fourth-order valence-electron chi connectivity index (χ4n) is 3.95. The standard InChI is InChI=1S/C19H24N4O3S.2ClH/c1-13-15(2-9-26-13)17(25)22-18-21-14(11-27-18)10-16(24)23-7-4-19(5-8-23)3-6-20-12-19;;/h2,9,11,20H,3-8,10,12H2,1H3,(H,21,22,25);2*1H. The maximum atomic E-state index is 12.6. The lowest BCUT2D eigenvalue weighted by Crippen LogP contribution is -2.44. The van der Waals surface area contributed by atoms with Gasteiger partial charge in [0.15, 0.2) is 5.13 Å². The van der Waals surface area contributed by atoms with E-state index in [9.17, 15) is 9.59 Å². The van der Waals surface area contributed by atoms with Crippen molar-refractivity contribution in [2.24, 2.45) is 5.41 Å². The number of aryl methyl sites for hydroxylation is 1. The second kappa shape index (κ2) is 9.93. The topological polar surface area (TPSA) is 87.5 Å². The number of nitrogens with zero attached hydrogens (tertiary/aromatic N) is 2. The number of amides is 2. The number of aromatic nitrogens is 1. The average Bonchev–Trinajstić information content (AvgIpc) is 3.38. The number of carbonyl (C=O) groups is 2. The second-order valence-corrected chi connectivity index (χ2v) is 8.33. The number of piperidine rings is 1. The van der Waals surface area contributed by atoms with Gasteiger partial charge in [-0.2, -0.15) is 0 Å². The number of thiazole rings is 1. The molecular formula is C19H26Cl2N4O3S. The predicted molar refractivity (Wildman–Crippen MR) is 117 cm³/mol. The molecule has 2 aliphatic rings. The Balaban J connectivity index is 0.00000150. The predicted octanol–water partition coefficient (Wildman–Crippen LogP) is 3.29. The van der Waals surface area contributed by atoms with E-state index in [4.69, 9.17) is 4.42 Å². The number of rotatable bonds is 4. The minimum atomic E-state index is -0.250. The van der Waals surface area contributed by atoms with Gasteiger partial charge in [-0.25, -0.2) is 4.98 Å². The van der Waals surface area contributed by atoms with Gasteiger partial charge in [-0.3, -0.25) is 14.9 Å². The summed E-state index contributed by atoms with van der Waals surface area (Å²) >= 11 is 1.33. The molecule has 0 atom stereocenters. The van der Waals surface area contributed by atoms with E-state index in [0.717, 1.165) is 39.0 Å². The van der Waals surface area contributed by atoms with Crippen LogP contribution in [0.1, 0.15) is 41.1 Å². The molecule has 0 saturated carbocycles. The molecule has 7 nitrogen and oxygen atoms in total. The fraction of sp³-hybridized carbons (Fsp3) is 0.526. The van der Waals surface area contributed by atoms with E-state index < -0.39 is 0 Å². The minimum absolute atomic E-state index is 0. The van der Waals surface area contributed by atoms with Gasteiger partial charge in [-0.1, -0.05) is 0 Å². The molecule has 160 valence electrons. The van der Waals surface area contributed by atoms with Gasteiger partial charge in [0.2, 0.25) is 5.91 Å². The highest BCUT2D eigenvalue weighted by atomic mass is 35.5. The van der Waals surface area contributed by atoms with Crippen LogP contribution in [-0.2, 0) is 11.2 Å². The molecule has 0 unspecified atom stereocenters. The highest BCUT2D eigenvalue weighted by Crippen LogP contribution is 2.37. The van der Waals surface area contributed by atoms with Gasteiger partial charge in [0.05, 0.1) is 23.9 Å². The fourth-order valence-corrected chi connectivity index (χ4v) is 4.66. The zero-order chi connectivity index (χ0) is 18.9. The Morgan fingerprint density at radius 3 is 2.69 bits per heavy atom. The number of anilines is 1. The molecule has 2 saturated heterocycles. The number of carbonyl (C=O) groups excluding carboxylic acids is 2. The van der Waals surface area contributed by atoms with Crippen molar-refractivity contribution in [3.05, 3.63) is 34.7 Å². The quantitative estimate of drug-likeness (QED) is 0.730. The van der Waals surface area contributed by atoms with Gasteiger partial charge in [0.1, 0.15) is 5.76 Å². The lowest BCUT2D eigenvalue weighted by Gasteiger charge is -2.38. The van der Waals surface area contributed by atoms with Crippen LogP contribution < -0.4 is 10.6 Å². The maximum absolute atomic E-state index is 12.6. The second-order valence-electron chi connectivity index (χ2n) is 7.47. The Kier molecular flexibility index (Phi) is 8.10. The summed E-state index contributed by atoms with van der Waals surface area (Å²) in [4.78, 5) is 31.2. The van der Waals surface area contributed by atoms with Crippen molar-refractivity contribution in [2.45, 2.75) is 32.6 Å². The number of nitrogens with one attached hydrogen (secondary N) is 2. The van der Waals surface area contributed by atoms with Crippen LogP contribution in [0.25, 0.3) is 0 Å². The van der Waals surface area contributed by atoms with E-state index >= 15 is 0 Å². The summed E-state index contributed by atoms with van der Waals surface area (Å²) in [5.41, 5.74) is 1.60. The Labute approximate surface area is 186 Å². The van der Waals surface area contributed by atoms with Crippen molar-refractivity contribution < 1.29 is 14.0 Å². The third-order valence-electron chi connectivity index (χ3n) is 5.72. The van der Waals surface area contributed by atoms with Crippen LogP contribution in [0.5, 0.6) is 0 Å². The molecule has 2 aromatic rings. The summed E-state index contributed by atoms with van der Waals surface area (Å²) in [6.07, 6.45) is 5.14. The van der Waals surface area contributed by atoms with Crippen LogP contribution in [0.15, 0.2) is 22.1 Å². The van der Waals surface area contributed by atoms with Crippen molar-refractivity contribution in [1.29, 1.82) is 0 Å². The third-order valence-corrected chi connectivity index (χ3v) is 6.52. The van der Waals surface area contributed by atoms with Gasteiger partial charge < -0.3 is 14.6 Å². The lowest BCUT2D eigenvalue weighted by atomic mass is 9.78. The van der Waals surface area contributed by atoms with E-state index in [1.54, 1.807) is 13.0 Å². The van der Waals surface area contributed by atoms with Crippen LogP contribution >= 0.6 is 36.2 Å². The van der Waals surface area contributed by atoms with Gasteiger partial charge in [-0.05, 0) is 44.2 Å². The lowest BCUT2D eigenvalue weighted by molar-refractivity contribution is -0.132. The van der Waals surface area contributed by atoms with Crippen molar-refractivity contribution in [2.75, 3.05) is 31.5 Å². The number of halogens is 2. The van der Waals surface area contributed by atoms with Crippen molar-refractivity contribution in [3.8, 4) is 0 Å². The molecule has 10 heteroatoms. The van der Waals surface area contributed by atoms with Gasteiger partial charge >= 0.3 is 0 Å². The molecule has 2 N–H and O–H groups in total. The number of furan rings is 1. The van der Waals surface area contributed by atoms with Crippen LogP contribution in [0.4, 0.5) is 5.13 Å². The molecule has 2 aliphatic heterocycles. The summed E-state index contributed by atoms with van der Waals surface area (Å²) in [5.74, 6) is 0.435. The molecular weight excluding hydrogens is 435 g/mol. The Morgan fingerprint density at radius 2 is 2.07 bits per heavy atom. The normalized spacial score (nSPS) is 17.5. The Bertz CT molecular complexity index is 838. The molecule has 0 aromatic carbocycles. The van der Waals surface area contributed by atoms with Crippen LogP contribution in [-0.4, -0.2) is 47.9 Å². The summed E-state index contributed by atoms with van der Waals surface area (Å²) in [5, 5.41) is 8.55. The number of likely N-dealkylation sites (tertiary alicyclic amines) is 1. The van der Waals surface area contributed by atoms with E-state index in [1.807, 2.05) is 10.3 Å². The van der Waals surface area contributed by atoms with Crippen molar-refractivity contribution in [3.63, 3.8) is 0 Å². The molecule has 4 rings (SSSR count). The molecule has 2 aromatic heterocycles. The number of hydrogen-bond acceptors (Lipinski definition) is 6. The van der Waals surface area contributed by atoms with Gasteiger partial charge in [-0.15, -0.1) is 36.2 Å². The number of hydrogen-bond donors (Lipinski definition) is 2. The molecule has 1 spiro atoms. The highest BCUT2D eigenvalue weighted by molar-refractivity contribution is 7.14. The van der Waals surface area contributed by atoms with Crippen LogP contribution in [0.2, 0.25) is 0 Å². The van der Waals surface area contributed by atoms with Crippen LogP contribution in [0, 0.1) is 12.3 Å². The minimum Gasteiger partial charge on any atom is -0.469 e. The third kappa shape index (κ3) is 5.31. The van der Waals surface area contributed by atoms with E-state index in [1.165, 1.54) is 24.0 Å². The van der Waals surface area contributed by atoms with Gasteiger partial charge in [0, 0.05) is 25.0 Å². The Hall–Kier alpha value is -1.61. The molecule has 0 radical (unpaired) electrons. The molecule has 0 aliphatic carbocycles. The summed E-state index contributed by atoms with van der Waals surface area (Å²) in [6, 6.07) is 1.63. The summed E-state index contributed by atoms with van der Waals surface area (Å²) in [6.45, 7) is 5.58. The highest BCUT2D eigenvalue weighted by Gasteiger charge is 2.38. The SMILES string of the molecule is Cc1occc1C(=O)Nc1nc(CC(=O)N2CCC3(CCNC3)CC2)cs1.Cl.Cl. The first-order chi connectivity index (χ1) is 13.0. The molecule has 2 fully saturated rings. The monoisotopic (exact) mass is 460 g/mol. The van der Waals surface area contributed by atoms with Gasteiger partial charge in [0.25, 0.3) is 5.91 Å². The van der Waals surface area contributed by atoms with Crippen molar-refractivity contribution >= 4 is 53.1 Å². The zero-order valence-corrected chi connectivity index (χ0v) is 18.7. The van der Waals surface area contributed by atoms with E-state index in [-0.39, 0.29) is 43.0 Å². The zero-order valence-electron chi connectivity index (χ0n) is 16.2. The summed E-state index contributed by atoms with van der Waals surface area (Å²) < 4.78 is 5.15. The van der Waals surface area contributed by atoms with E-state index in [2.05, 4.69) is 15.6 Å². The maximum Gasteiger partial charge on any atom is 0.260 e. The molecule has 0 bridgehead atoms. The molecule has 4 heterocycles. The molecule has 2 amide bonds.